The molecule has 0 fully saturated rings. The molecule has 2 heteroatoms. The van der Waals surface area contributed by atoms with Crippen LogP contribution >= 0.6 is 0 Å². The Morgan fingerprint density at radius 2 is 2.11 bits per heavy atom. The van der Waals surface area contributed by atoms with Gasteiger partial charge in [-0.2, -0.15) is 0 Å². The predicted octanol–water partition coefficient (Wildman–Crippen LogP) is 0.696. The standard InChI is InChI=1S/C7H14O2/c1-7(9)5-3-2-4-6-8/h2,4,7-9H,3,5-6H2,1H3/b4-2+. The van der Waals surface area contributed by atoms with Gasteiger partial charge in [-0.3, -0.25) is 0 Å². The molecule has 0 aliphatic heterocycles. The van der Waals surface area contributed by atoms with Crippen LogP contribution < -0.4 is 0 Å². The van der Waals surface area contributed by atoms with Gasteiger partial charge in [-0.15, -0.1) is 0 Å². The highest BCUT2D eigenvalue weighted by Gasteiger charge is 1.89. The van der Waals surface area contributed by atoms with Crippen molar-refractivity contribution in [2.45, 2.75) is 25.9 Å². The highest BCUT2D eigenvalue weighted by Crippen LogP contribution is 1.95. The molecule has 2 nitrogen and oxygen atoms in total. The van der Waals surface area contributed by atoms with E-state index in [0.717, 1.165) is 12.8 Å². The van der Waals surface area contributed by atoms with Crippen LogP contribution in [0.1, 0.15) is 19.8 Å². The zero-order valence-electron chi connectivity index (χ0n) is 5.75. The maximum Gasteiger partial charge on any atom is 0.0612 e. The minimum Gasteiger partial charge on any atom is -0.393 e. The molecule has 0 heterocycles. The summed E-state index contributed by atoms with van der Waals surface area (Å²) in [5.41, 5.74) is 0. The van der Waals surface area contributed by atoms with Crippen molar-refractivity contribution in [3.05, 3.63) is 12.2 Å². The maximum absolute atomic E-state index is 8.76. The van der Waals surface area contributed by atoms with Gasteiger partial charge in [-0.1, -0.05) is 12.2 Å². The van der Waals surface area contributed by atoms with E-state index in [1.165, 1.54) is 0 Å². The van der Waals surface area contributed by atoms with Crippen molar-refractivity contribution in [3.8, 4) is 0 Å². The molecule has 1 unspecified atom stereocenters. The van der Waals surface area contributed by atoms with Crippen LogP contribution in [-0.4, -0.2) is 22.9 Å². The second kappa shape index (κ2) is 5.79. The average molecular weight is 130 g/mol. The first kappa shape index (κ1) is 8.66. The number of hydrogen-bond donors (Lipinski definition) is 2. The van der Waals surface area contributed by atoms with Crippen LogP contribution in [0.5, 0.6) is 0 Å². The summed E-state index contributed by atoms with van der Waals surface area (Å²) < 4.78 is 0. The molecule has 1 atom stereocenters. The predicted molar refractivity (Wildman–Crippen MR) is 37.1 cm³/mol. The second-order valence-electron chi connectivity index (χ2n) is 2.08. The Morgan fingerprint density at radius 3 is 2.56 bits per heavy atom. The molecule has 0 saturated heterocycles. The minimum absolute atomic E-state index is 0.0970. The van der Waals surface area contributed by atoms with Crippen LogP contribution in [0.4, 0.5) is 0 Å². The zero-order valence-corrected chi connectivity index (χ0v) is 5.75. The molecular formula is C7H14O2. The van der Waals surface area contributed by atoms with Crippen molar-refractivity contribution in [1.82, 2.24) is 0 Å². The van der Waals surface area contributed by atoms with Crippen LogP contribution in [0.15, 0.2) is 12.2 Å². The van der Waals surface area contributed by atoms with Gasteiger partial charge >= 0.3 is 0 Å². The first-order valence-electron chi connectivity index (χ1n) is 3.21. The molecule has 0 radical (unpaired) electrons. The van der Waals surface area contributed by atoms with Crippen LogP contribution in [-0.2, 0) is 0 Å². The third kappa shape index (κ3) is 7.66. The molecule has 0 bridgehead atoms. The fourth-order valence-corrected chi connectivity index (χ4v) is 0.530. The summed E-state index contributed by atoms with van der Waals surface area (Å²) in [5, 5.41) is 17.0. The molecule has 0 amide bonds. The van der Waals surface area contributed by atoms with Crippen molar-refractivity contribution in [3.63, 3.8) is 0 Å². The highest BCUT2D eigenvalue weighted by atomic mass is 16.3. The lowest BCUT2D eigenvalue weighted by molar-refractivity contribution is 0.186. The van der Waals surface area contributed by atoms with E-state index >= 15 is 0 Å². The summed E-state index contributed by atoms with van der Waals surface area (Å²) in [6.07, 6.45) is 4.94. The lowest BCUT2D eigenvalue weighted by Crippen LogP contribution is -1.96. The Balaban J connectivity index is 2.99. The molecule has 0 aromatic rings. The number of allylic oxidation sites excluding steroid dienone is 1. The van der Waals surface area contributed by atoms with E-state index in [1.807, 2.05) is 6.08 Å². The smallest absolute Gasteiger partial charge is 0.0612 e. The molecule has 9 heavy (non-hydrogen) atoms. The summed E-state index contributed by atoms with van der Waals surface area (Å²) in [7, 11) is 0. The molecule has 0 saturated carbocycles. The molecule has 0 aliphatic rings. The zero-order chi connectivity index (χ0) is 7.11. The molecule has 0 spiro atoms. The Hall–Kier alpha value is -0.340. The van der Waals surface area contributed by atoms with Gasteiger partial charge in [0.25, 0.3) is 0 Å². The monoisotopic (exact) mass is 130 g/mol. The Morgan fingerprint density at radius 1 is 1.44 bits per heavy atom. The molecule has 0 rings (SSSR count). The SMILES string of the molecule is CC(O)CC/C=C/CO. The fourth-order valence-electron chi connectivity index (χ4n) is 0.530. The summed E-state index contributed by atoms with van der Waals surface area (Å²) in [6.45, 7) is 1.85. The number of hydrogen-bond acceptors (Lipinski definition) is 2. The van der Waals surface area contributed by atoms with Crippen molar-refractivity contribution in [1.29, 1.82) is 0 Å². The van der Waals surface area contributed by atoms with Crippen LogP contribution in [0.25, 0.3) is 0 Å². The fraction of sp³-hybridized carbons (Fsp3) is 0.714. The van der Waals surface area contributed by atoms with Gasteiger partial charge in [0.1, 0.15) is 0 Å². The third-order valence-corrected chi connectivity index (χ3v) is 1.02. The van der Waals surface area contributed by atoms with Gasteiger partial charge in [0.05, 0.1) is 12.7 Å². The largest absolute Gasteiger partial charge is 0.393 e. The van der Waals surface area contributed by atoms with E-state index in [9.17, 15) is 0 Å². The minimum atomic E-state index is -0.228. The van der Waals surface area contributed by atoms with E-state index in [2.05, 4.69) is 0 Å². The van der Waals surface area contributed by atoms with E-state index < -0.39 is 0 Å². The van der Waals surface area contributed by atoms with E-state index in [-0.39, 0.29) is 12.7 Å². The Kier molecular flexibility index (Phi) is 5.57. The van der Waals surface area contributed by atoms with Crippen LogP contribution in [0, 0.1) is 0 Å². The Bertz CT molecular complexity index is 77.0. The second-order valence-corrected chi connectivity index (χ2v) is 2.08. The highest BCUT2D eigenvalue weighted by molar-refractivity contribution is 4.80. The molecule has 2 N–H and O–H groups in total. The number of rotatable bonds is 4. The number of aliphatic hydroxyl groups is 2. The molecule has 0 aromatic carbocycles. The average Bonchev–Trinajstić information content (AvgIpc) is 1.80. The summed E-state index contributed by atoms with van der Waals surface area (Å²) in [5.74, 6) is 0. The first-order chi connectivity index (χ1) is 4.27. The van der Waals surface area contributed by atoms with Gasteiger partial charge in [0, 0.05) is 0 Å². The van der Waals surface area contributed by atoms with Gasteiger partial charge in [0.2, 0.25) is 0 Å². The first-order valence-corrected chi connectivity index (χ1v) is 3.21. The van der Waals surface area contributed by atoms with Crippen molar-refractivity contribution in [2.24, 2.45) is 0 Å². The normalized spacial score (nSPS) is 14.6. The van der Waals surface area contributed by atoms with Gasteiger partial charge in [-0.05, 0) is 19.8 Å². The van der Waals surface area contributed by atoms with E-state index in [1.54, 1.807) is 13.0 Å². The van der Waals surface area contributed by atoms with Crippen LogP contribution in [0.2, 0.25) is 0 Å². The molecular weight excluding hydrogens is 116 g/mol. The van der Waals surface area contributed by atoms with Crippen molar-refractivity contribution >= 4 is 0 Å². The topological polar surface area (TPSA) is 40.5 Å². The van der Waals surface area contributed by atoms with Gasteiger partial charge in [-0.25, -0.2) is 0 Å². The summed E-state index contributed by atoms with van der Waals surface area (Å²) >= 11 is 0. The third-order valence-electron chi connectivity index (χ3n) is 1.02. The van der Waals surface area contributed by atoms with Crippen molar-refractivity contribution < 1.29 is 10.2 Å². The van der Waals surface area contributed by atoms with E-state index in [0.29, 0.717) is 0 Å². The maximum atomic E-state index is 8.76. The molecule has 54 valence electrons. The molecule has 0 aliphatic carbocycles. The van der Waals surface area contributed by atoms with Crippen molar-refractivity contribution in [2.75, 3.05) is 6.61 Å². The Labute approximate surface area is 55.8 Å². The number of aliphatic hydroxyl groups excluding tert-OH is 2. The van der Waals surface area contributed by atoms with Gasteiger partial charge in [0.15, 0.2) is 0 Å². The lowest BCUT2D eigenvalue weighted by atomic mass is 10.2. The molecule has 0 aromatic heterocycles. The van der Waals surface area contributed by atoms with E-state index in [4.69, 9.17) is 10.2 Å². The summed E-state index contributed by atoms with van der Waals surface area (Å²) in [4.78, 5) is 0. The lowest BCUT2D eigenvalue weighted by Gasteiger charge is -1.97. The van der Waals surface area contributed by atoms with Gasteiger partial charge < -0.3 is 10.2 Å². The van der Waals surface area contributed by atoms with Crippen LogP contribution in [0.3, 0.4) is 0 Å². The summed E-state index contributed by atoms with van der Waals surface area (Å²) in [6, 6.07) is 0. The quantitative estimate of drug-likeness (QED) is 0.550.